The number of carbonyl (C=O) groups is 2. The third-order valence-corrected chi connectivity index (χ3v) is 7.20. The van der Waals surface area contributed by atoms with Gasteiger partial charge in [0.1, 0.15) is 5.92 Å². The highest BCUT2D eigenvalue weighted by Crippen LogP contribution is 2.28. The lowest BCUT2D eigenvalue weighted by Gasteiger charge is -2.35. The minimum Gasteiger partial charge on any atom is -0.339 e. The maximum atomic E-state index is 13.2. The summed E-state index contributed by atoms with van der Waals surface area (Å²) >= 11 is 0. The lowest BCUT2D eigenvalue weighted by atomic mass is 10.1. The van der Waals surface area contributed by atoms with E-state index in [-0.39, 0.29) is 11.8 Å². The van der Waals surface area contributed by atoms with Crippen molar-refractivity contribution >= 4 is 17.5 Å². The van der Waals surface area contributed by atoms with Gasteiger partial charge in [0.05, 0.1) is 6.54 Å². The molecule has 2 amide bonds. The molecule has 182 valence electrons. The summed E-state index contributed by atoms with van der Waals surface area (Å²) in [4.78, 5) is 36.6. The van der Waals surface area contributed by atoms with Gasteiger partial charge in [0.2, 0.25) is 23.5 Å². The molecule has 35 heavy (non-hydrogen) atoms. The average Bonchev–Trinajstić information content (AvgIpc) is 3.48. The molecule has 1 unspecified atom stereocenters. The number of aromatic nitrogens is 2. The molecule has 0 aliphatic carbocycles. The van der Waals surface area contributed by atoms with Crippen LogP contribution >= 0.6 is 0 Å². The molecule has 2 saturated heterocycles. The van der Waals surface area contributed by atoms with Crippen LogP contribution in [0, 0.1) is 26.7 Å². The standard InChI is InChI=1S/C27H31N5O3/c1-18-8-9-21(16-20(18)3)32-11-10-23(27(32)34)26(33)31-14-12-30(13-15-31)17-24-28-25(29-35-24)22-7-5-4-6-19(22)2/h4-9,16,23H,10-15,17H2,1-3H3. The first kappa shape index (κ1) is 23.2. The molecule has 0 radical (unpaired) electrons. The first-order valence-corrected chi connectivity index (χ1v) is 12.2. The number of carbonyl (C=O) groups excluding carboxylic acids is 2. The van der Waals surface area contributed by atoms with Crippen LogP contribution in [0.2, 0.25) is 0 Å². The summed E-state index contributed by atoms with van der Waals surface area (Å²) in [5, 5.41) is 4.14. The molecule has 0 spiro atoms. The van der Waals surface area contributed by atoms with E-state index in [1.165, 1.54) is 5.56 Å². The molecule has 8 heteroatoms. The zero-order valence-electron chi connectivity index (χ0n) is 20.5. The maximum Gasteiger partial charge on any atom is 0.241 e. The molecule has 2 fully saturated rings. The number of anilines is 1. The van der Waals surface area contributed by atoms with Crippen molar-refractivity contribution in [2.24, 2.45) is 5.92 Å². The Balaban J connectivity index is 1.16. The van der Waals surface area contributed by atoms with Crippen LogP contribution in [0.1, 0.15) is 29.0 Å². The summed E-state index contributed by atoms with van der Waals surface area (Å²) in [6.45, 7) is 9.83. The van der Waals surface area contributed by atoms with Gasteiger partial charge in [0.25, 0.3) is 0 Å². The second kappa shape index (κ2) is 9.62. The summed E-state index contributed by atoms with van der Waals surface area (Å²) in [6, 6.07) is 14.0. The first-order chi connectivity index (χ1) is 16.9. The summed E-state index contributed by atoms with van der Waals surface area (Å²) in [7, 11) is 0. The Morgan fingerprint density at radius 1 is 0.971 bits per heavy atom. The zero-order valence-corrected chi connectivity index (χ0v) is 20.5. The molecule has 3 heterocycles. The molecule has 3 aromatic rings. The van der Waals surface area contributed by atoms with Crippen molar-refractivity contribution in [3.63, 3.8) is 0 Å². The van der Waals surface area contributed by atoms with Crippen LogP contribution in [0.5, 0.6) is 0 Å². The highest BCUT2D eigenvalue weighted by atomic mass is 16.5. The molecule has 0 N–H and O–H groups in total. The van der Waals surface area contributed by atoms with Crippen molar-refractivity contribution in [1.29, 1.82) is 0 Å². The molecular formula is C27H31N5O3. The van der Waals surface area contributed by atoms with Crippen LogP contribution in [0.3, 0.4) is 0 Å². The molecular weight excluding hydrogens is 442 g/mol. The molecule has 2 aliphatic rings. The quantitative estimate of drug-likeness (QED) is 0.529. The maximum absolute atomic E-state index is 13.2. The molecule has 1 atom stereocenters. The highest BCUT2D eigenvalue weighted by Gasteiger charge is 2.40. The number of aryl methyl sites for hydroxylation is 3. The molecule has 2 aromatic carbocycles. The van der Waals surface area contributed by atoms with Crippen LogP contribution in [-0.2, 0) is 16.1 Å². The molecule has 5 rings (SSSR count). The van der Waals surface area contributed by atoms with Gasteiger partial charge in [-0.05, 0) is 56.0 Å². The van der Waals surface area contributed by atoms with Crippen LogP contribution in [0.4, 0.5) is 5.69 Å². The van der Waals surface area contributed by atoms with Gasteiger partial charge in [-0.2, -0.15) is 4.98 Å². The van der Waals surface area contributed by atoms with Gasteiger partial charge in [-0.25, -0.2) is 0 Å². The molecule has 0 saturated carbocycles. The normalized spacial score (nSPS) is 18.9. The number of benzene rings is 2. The van der Waals surface area contributed by atoms with Crippen LogP contribution < -0.4 is 4.90 Å². The van der Waals surface area contributed by atoms with Gasteiger partial charge in [-0.1, -0.05) is 35.5 Å². The van der Waals surface area contributed by atoms with E-state index < -0.39 is 5.92 Å². The number of hydrogen-bond donors (Lipinski definition) is 0. The SMILES string of the molecule is Cc1ccc(N2CCC(C(=O)N3CCN(Cc4nc(-c5ccccc5C)no4)CC3)C2=O)cc1C. The lowest BCUT2D eigenvalue weighted by Crippen LogP contribution is -2.51. The fourth-order valence-corrected chi connectivity index (χ4v) is 4.85. The van der Waals surface area contributed by atoms with E-state index in [2.05, 4.69) is 22.0 Å². The fourth-order valence-electron chi connectivity index (χ4n) is 4.85. The Hall–Kier alpha value is -3.52. The van der Waals surface area contributed by atoms with E-state index in [4.69, 9.17) is 4.52 Å². The monoisotopic (exact) mass is 473 g/mol. The van der Waals surface area contributed by atoms with Gasteiger partial charge in [-0.15, -0.1) is 0 Å². The predicted octanol–water partition coefficient (Wildman–Crippen LogP) is 3.36. The summed E-state index contributed by atoms with van der Waals surface area (Å²) in [5.74, 6) is 0.435. The van der Waals surface area contributed by atoms with E-state index in [0.717, 1.165) is 22.4 Å². The van der Waals surface area contributed by atoms with Crippen molar-refractivity contribution in [3.8, 4) is 11.4 Å². The number of rotatable bonds is 5. The number of hydrogen-bond acceptors (Lipinski definition) is 6. The van der Waals surface area contributed by atoms with E-state index in [1.54, 1.807) is 4.90 Å². The Labute approximate surface area is 205 Å². The minimum absolute atomic E-state index is 0.0550. The number of nitrogens with zero attached hydrogens (tertiary/aromatic N) is 5. The third kappa shape index (κ3) is 4.71. The van der Waals surface area contributed by atoms with Crippen molar-refractivity contribution < 1.29 is 14.1 Å². The second-order valence-electron chi connectivity index (χ2n) is 9.53. The first-order valence-electron chi connectivity index (χ1n) is 12.2. The lowest BCUT2D eigenvalue weighted by molar-refractivity contribution is -0.141. The molecule has 1 aromatic heterocycles. The second-order valence-corrected chi connectivity index (χ2v) is 9.53. The number of amides is 2. The van der Waals surface area contributed by atoms with Gasteiger partial charge in [-0.3, -0.25) is 14.5 Å². The Morgan fingerprint density at radius 3 is 2.49 bits per heavy atom. The van der Waals surface area contributed by atoms with Gasteiger partial charge < -0.3 is 14.3 Å². The minimum atomic E-state index is -0.587. The van der Waals surface area contributed by atoms with Crippen LogP contribution in [0.25, 0.3) is 11.4 Å². The molecule has 0 bridgehead atoms. The fraction of sp³-hybridized carbons (Fsp3) is 0.407. The van der Waals surface area contributed by atoms with Crippen molar-refractivity contribution in [3.05, 3.63) is 65.0 Å². The van der Waals surface area contributed by atoms with Crippen molar-refractivity contribution in [1.82, 2.24) is 19.9 Å². The van der Waals surface area contributed by atoms with Crippen molar-refractivity contribution in [2.45, 2.75) is 33.7 Å². The van der Waals surface area contributed by atoms with Crippen molar-refractivity contribution in [2.75, 3.05) is 37.6 Å². The predicted molar refractivity (Wildman–Crippen MR) is 133 cm³/mol. The number of piperazine rings is 1. The smallest absolute Gasteiger partial charge is 0.241 e. The summed E-state index contributed by atoms with van der Waals surface area (Å²) in [6.07, 6.45) is 0.564. The van der Waals surface area contributed by atoms with Crippen LogP contribution in [0.15, 0.2) is 47.0 Å². The van der Waals surface area contributed by atoms with E-state index in [9.17, 15) is 9.59 Å². The molecule has 8 nitrogen and oxygen atoms in total. The Kier molecular flexibility index (Phi) is 6.38. The van der Waals surface area contributed by atoms with E-state index in [1.807, 2.05) is 61.2 Å². The summed E-state index contributed by atoms with van der Waals surface area (Å²) in [5.41, 5.74) is 5.28. The topological polar surface area (TPSA) is 82.8 Å². The Morgan fingerprint density at radius 2 is 1.74 bits per heavy atom. The average molecular weight is 474 g/mol. The zero-order chi connectivity index (χ0) is 24.5. The van der Waals surface area contributed by atoms with E-state index >= 15 is 0 Å². The Bertz CT molecular complexity index is 1250. The molecule has 2 aliphatic heterocycles. The highest BCUT2D eigenvalue weighted by molar-refractivity contribution is 6.09. The van der Waals surface area contributed by atoms with E-state index in [0.29, 0.717) is 57.4 Å². The third-order valence-electron chi connectivity index (χ3n) is 7.20. The van der Waals surface area contributed by atoms with Gasteiger partial charge >= 0.3 is 0 Å². The van der Waals surface area contributed by atoms with Crippen LogP contribution in [-0.4, -0.2) is 64.5 Å². The largest absolute Gasteiger partial charge is 0.339 e. The summed E-state index contributed by atoms with van der Waals surface area (Å²) < 4.78 is 5.48. The van der Waals surface area contributed by atoms with Gasteiger partial charge in [0.15, 0.2) is 0 Å². The van der Waals surface area contributed by atoms with Gasteiger partial charge in [0, 0.05) is 44.0 Å².